The number of aliphatic imine (C=N–C) groups is 1. The number of benzene rings is 2. The Bertz CT molecular complexity index is 624. The van der Waals surface area contributed by atoms with Gasteiger partial charge in [-0.05, 0) is 5.56 Å². The van der Waals surface area contributed by atoms with E-state index in [4.69, 9.17) is 0 Å². The second-order valence-corrected chi connectivity index (χ2v) is 5.05. The summed E-state index contributed by atoms with van der Waals surface area (Å²) in [5.74, 6) is -3.18. The monoisotopic (exact) mass is 286 g/mol. The normalized spacial score (nSPS) is 15.1. The average molecular weight is 286 g/mol. The van der Waals surface area contributed by atoms with Crippen molar-refractivity contribution in [1.82, 2.24) is 4.90 Å². The van der Waals surface area contributed by atoms with Gasteiger partial charge in [0.25, 0.3) is 0 Å². The van der Waals surface area contributed by atoms with Gasteiger partial charge in [-0.1, -0.05) is 60.7 Å². The maximum Gasteiger partial charge on any atom is 0.329 e. The van der Waals surface area contributed by atoms with E-state index in [9.17, 15) is 8.78 Å². The van der Waals surface area contributed by atoms with E-state index in [1.54, 1.807) is 23.1 Å². The molecule has 21 heavy (non-hydrogen) atoms. The van der Waals surface area contributed by atoms with Gasteiger partial charge < -0.3 is 4.90 Å². The van der Waals surface area contributed by atoms with Crippen LogP contribution in [0.25, 0.3) is 0 Å². The molecule has 0 N–H and O–H groups in total. The molecule has 0 bridgehead atoms. The second kappa shape index (κ2) is 5.64. The van der Waals surface area contributed by atoms with E-state index >= 15 is 0 Å². The summed E-state index contributed by atoms with van der Waals surface area (Å²) in [4.78, 5) is 5.72. The summed E-state index contributed by atoms with van der Waals surface area (Å²) in [5, 5.41) is 0. The number of hydrogen-bond acceptors (Lipinski definition) is 2. The van der Waals surface area contributed by atoms with Crippen LogP contribution < -0.4 is 0 Å². The Hall–Kier alpha value is -2.23. The SMILES string of the molecule is FC(F)(C1=NCCN1Cc1ccccc1)c1ccccc1. The Morgan fingerprint density at radius 2 is 1.57 bits per heavy atom. The minimum Gasteiger partial charge on any atom is -0.349 e. The van der Waals surface area contributed by atoms with Crippen LogP contribution in [0.1, 0.15) is 11.1 Å². The van der Waals surface area contributed by atoms with Gasteiger partial charge in [-0.15, -0.1) is 0 Å². The first-order valence-electron chi connectivity index (χ1n) is 6.95. The van der Waals surface area contributed by atoms with E-state index in [0.29, 0.717) is 19.6 Å². The van der Waals surface area contributed by atoms with Crippen LogP contribution in [-0.4, -0.2) is 23.8 Å². The highest BCUT2D eigenvalue weighted by atomic mass is 19.3. The third-order valence-corrected chi connectivity index (χ3v) is 3.56. The summed E-state index contributed by atoms with van der Waals surface area (Å²) in [7, 11) is 0. The van der Waals surface area contributed by atoms with Gasteiger partial charge in [0, 0.05) is 18.7 Å². The summed E-state index contributed by atoms with van der Waals surface area (Å²) in [6, 6.07) is 17.5. The van der Waals surface area contributed by atoms with Crippen molar-refractivity contribution in [1.29, 1.82) is 0 Å². The van der Waals surface area contributed by atoms with Crippen LogP contribution in [-0.2, 0) is 12.5 Å². The summed E-state index contributed by atoms with van der Waals surface area (Å²) in [6.07, 6.45) is 0. The van der Waals surface area contributed by atoms with Crippen LogP contribution in [0.5, 0.6) is 0 Å². The standard InChI is InChI=1S/C17H16F2N2/c18-17(19,15-9-5-2-6-10-15)16-20-11-12-21(16)13-14-7-3-1-4-8-14/h1-10H,11-13H2. The van der Waals surface area contributed by atoms with Crippen molar-refractivity contribution in [3.05, 3.63) is 71.8 Å². The summed E-state index contributed by atoms with van der Waals surface area (Å²) in [6.45, 7) is 1.42. The fourth-order valence-electron chi connectivity index (χ4n) is 2.51. The Kier molecular flexibility index (Phi) is 3.69. The zero-order valence-electron chi connectivity index (χ0n) is 11.5. The van der Waals surface area contributed by atoms with Gasteiger partial charge in [0.05, 0.1) is 6.54 Å². The summed E-state index contributed by atoms with van der Waals surface area (Å²) >= 11 is 0. The fourth-order valence-corrected chi connectivity index (χ4v) is 2.51. The smallest absolute Gasteiger partial charge is 0.329 e. The molecule has 0 radical (unpaired) electrons. The second-order valence-electron chi connectivity index (χ2n) is 5.05. The quantitative estimate of drug-likeness (QED) is 0.837. The Labute approximate surface area is 122 Å². The molecular formula is C17H16F2N2. The van der Waals surface area contributed by atoms with Crippen LogP contribution in [0.4, 0.5) is 8.78 Å². The van der Waals surface area contributed by atoms with Crippen LogP contribution >= 0.6 is 0 Å². The highest BCUT2D eigenvalue weighted by Crippen LogP contribution is 2.33. The van der Waals surface area contributed by atoms with Gasteiger partial charge in [0.15, 0.2) is 5.84 Å². The van der Waals surface area contributed by atoms with Crippen molar-refractivity contribution in [2.45, 2.75) is 12.5 Å². The number of alkyl halides is 2. The highest BCUT2D eigenvalue weighted by molar-refractivity contribution is 5.91. The Morgan fingerprint density at radius 3 is 2.24 bits per heavy atom. The average Bonchev–Trinajstić information content (AvgIpc) is 2.98. The predicted octanol–water partition coefficient (Wildman–Crippen LogP) is 3.69. The van der Waals surface area contributed by atoms with E-state index in [-0.39, 0.29) is 11.4 Å². The minimum absolute atomic E-state index is 0.0105. The van der Waals surface area contributed by atoms with E-state index in [1.807, 2.05) is 30.3 Å². The zero-order chi connectivity index (χ0) is 14.7. The number of amidine groups is 1. The largest absolute Gasteiger partial charge is 0.349 e. The summed E-state index contributed by atoms with van der Waals surface area (Å²) in [5.41, 5.74) is 1.000. The highest BCUT2D eigenvalue weighted by Gasteiger charge is 2.42. The van der Waals surface area contributed by atoms with Gasteiger partial charge in [-0.25, -0.2) is 0 Å². The molecule has 1 aliphatic rings. The molecule has 0 aromatic heterocycles. The lowest BCUT2D eigenvalue weighted by molar-refractivity contribution is 0.0619. The molecule has 0 saturated heterocycles. The third kappa shape index (κ3) is 2.79. The van der Waals surface area contributed by atoms with Crippen molar-refractivity contribution in [3.8, 4) is 0 Å². The van der Waals surface area contributed by atoms with Crippen LogP contribution in [0.3, 0.4) is 0 Å². The van der Waals surface area contributed by atoms with Gasteiger partial charge in [0.1, 0.15) is 0 Å². The van der Waals surface area contributed by atoms with Crippen molar-refractivity contribution in [2.75, 3.05) is 13.1 Å². The number of nitrogens with zero attached hydrogens (tertiary/aromatic N) is 2. The van der Waals surface area contributed by atoms with Crippen molar-refractivity contribution >= 4 is 5.84 Å². The van der Waals surface area contributed by atoms with Gasteiger partial charge in [-0.3, -0.25) is 4.99 Å². The molecule has 0 fully saturated rings. The minimum atomic E-state index is -3.05. The first-order valence-corrected chi connectivity index (χ1v) is 6.95. The Balaban J connectivity index is 1.84. The number of rotatable bonds is 4. The van der Waals surface area contributed by atoms with Crippen molar-refractivity contribution in [2.24, 2.45) is 4.99 Å². The molecule has 0 spiro atoms. The van der Waals surface area contributed by atoms with E-state index in [0.717, 1.165) is 5.56 Å². The lowest BCUT2D eigenvalue weighted by Gasteiger charge is -2.26. The molecule has 0 unspecified atom stereocenters. The molecule has 2 nitrogen and oxygen atoms in total. The van der Waals surface area contributed by atoms with Crippen LogP contribution in [0.15, 0.2) is 65.7 Å². The molecule has 3 rings (SSSR count). The topological polar surface area (TPSA) is 15.6 Å². The molecule has 0 saturated carbocycles. The molecule has 0 aliphatic carbocycles. The van der Waals surface area contributed by atoms with Crippen LogP contribution in [0, 0.1) is 0 Å². The van der Waals surface area contributed by atoms with Crippen LogP contribution in [0.2, 0.25) is 0 Å². The molecule has 2 aromatic carbocycles. The molecule has 1 heterocycles. The van der Waals surface area contributed by atoms with E-state index in [2.05, 4.69) is 4.99 Å². The van der Waals surface area contributed by atoms with Crippen molar-refractivity contribution < 1.29 is 8.78 Å². The number of halogens is 2. The van der Waals surface area contributed by atoms with Gasteiger partial charge in [-0.2, -0.15) is 8.78 Å². The van der Waals surface area contributed by atoms with Gasteiger partial charge >= 0.3 is 5.92 Å². The van der Waals surface area contributed by atoms with E-state index in [1.165, 1.54) is 12.1 Å². The first-order chi connectivity index (χ1) is 10.2. The first kappa shape index (κ1) is 13.7. The fraction of sp³-hybridized carbons (Fsp3) is 0.235. The third-order valence-electron chi connectivity index (χ3n) is 3.56. The maximum absolute atomic E-state index is 14.6. The molecule has 0 atom stereocenters. The van der Waals surface area contributed by atoms with Crippen molar-refractivity contribution in [3.63, 3.8) is 0 Å². The Morgan fingerprint density at radius 1 is 0.952 bits per heavy atom. The molecular weight excluding hydrogens is 270 g/mol. The zero-order valence-corrected chi connectivity index (χ0v) is 11.5. The lowest BCUT2D eigenvalue weighted by atomic mass is 10.1. The summed E-state index contributed by atoms with van der Waals surface area (Å²) < 4.78 is 29.3. The molecule has 4 heteroatoms. The van der Waals surface area contributed by atoms with E-state index < -0.39 is 5.92 Å². The molecule has 0 amide bonds. The molecule has 108 valence electrons. The van der Waals surface area contributed by atoms with Gasteiger partial charge in [0.2, 0.25) is 0 Å². The number of hydrogen-bond donors (Lipinski definition) is 0. The maximum atomic E-state index is 14.6. The lowest BCUT2D eigenvalue weighted by Crippen LogP contribution is -2.38. The molecule has 2 aromatic rings. The predicted molar refractivity (Wildman–Crippen MR) is 79.5 cm³/mol. The molecule has 1 aliphatic heterocycles.